The number of rotatable bonds is 7. The van der Waals surface area contributed by atoms with Crippen LogP contribution in [0.15, 0.2) is 36.4 Å². The van der Waals surface area contributed by atoms with Crippen LogP contribution in [0.1, 0.15) is 27.0 Å². The minimum absolute atomic E-state index is 0.263. The molecule has 146 valence electrons. The van der Waals surface area contributed by atoms with Gasteiger partial charge in [-0.1, -0.05) is 18.2 Å². The second-order valence-electron chi connectivity index (χ2n) is 6.55. The first-order valence-corrected chi connectivity index (χ1v) is 10.5. The molecule has 0 saturated heterocycles. The Labute approximate surface area is 161 Å². The van der Waals surface area contributed by atoms with Gasteiger partial charge in [0.2, 0.25) is 10.0 Å². The lowest BCUT2D eigenvalue weighted by Crippen LogP contribution is -2.30. The zero-order valence-corrected chi connectivity index (χ0v) is 17.2. The predicted octanol–water partition coefficient (Wildman–Crippen LogP) is 2.82. The molecule has 6 nitrogen and oxygen atoms in total. The minimum atomic E-state index is -3.40. The fraction of sp³-hybridized carbons (Fsp3) is 0.350. The van der Waals surface area contributed by atoms with E-state index in [-0.39, 0.29) is 5.91 Å². The number of carbonyl (C=O) groups excluding carboxylic acids is 1. The Kier molecular flexibility index (Phi) is 6.49. The molecule has 2 rings (SSSR count). The summed E-state index contributed by atoms with van der Waals surface area (Å²) in [7, 11) is -1.93. The van der Waals surface area contributed by atoms with Crippen molar-refractivity contribution in [1.82, 2.24) is 5.32 Å². The van der Waals surface area contributed by atoms with Gasteiger partial charge in [-0.05, 0) is 55.7 Å². The average molecular weight is 391 g/mol. The molecule has 2 aromatic rings. The van der Waals surface area contributed by atoms with Crippen molar-refractivity contribution in [3.8, 4) is 5.75 Å². The number of aryl methyl sites for hydroxylation is 2. The van der Waals surface area contributed by atoms with Gasteiger partial charge >= 0.3 is 0 Å². The van der Waals surface area contributed by atoms with Crippen molar-refractivity contribution in [3.05, 3.63) is 58.7 Å². The molecule has 0 spiro atoms. The molecule has 1 amide bonds. The summed E-state index contributed by atoms with van der Waals surface area (Å²) in [4.78, 5) is 12.5. The fourth-order valence-electron chi connectivity index (χ4n) is 2.67. The Morgan fingerprint density at radius 3 is 2.52 bits per heavy atom. The van der Waals surface area contributed by atoms with Gasteiger partial charge in [-0.3, -0.25) is 9.10 Å². The molecule has 0 radical (unpaired) electrons. The van der Waals surface area contributed by atoms with Crippen LogP contribution in [0.5, 0.6) is 5.75 Å². The van der Waals surface area contributed by atoms with Gasteiger partial charge in [0.1, 0.15) is 12.4 Å². The normalized spacial score (nSPS) is 11.1. The van der Waals surface area contributed by atoms with Gasteiger partial charge in [-0.2, -0.15) is 0 Å². The SMILES string of the molecule is Cc1ccc(C)c(OCCNC(=O)c2cccc(N(C)S(C)(=O)=O)c2C)c1. The van der Waals surface area contributed by atoms with Crippen LogP contribution >= 0.6 is 0 Å². The smallest absolute Gasteiger partial charge is 0.251 e. The van der Waals surface area contributed by atoms with Gasteiger partial charge in [-0.15, -0.1) is 0 Å². The molecule has 0 saturated carbocycles. The van der Waals surface area contributed by atoms with Crippen molar-refractivity contribution in [3.63, 3.8) is 0 Å². The molecule has 0 atom stereocenters. The van der Waals surface area contributed by atoms with Crippen molar-refractivity contribution in [2.45, 2.75) is 20.8 Å². The summed E-state index contributed by atoms with van der Waals surface area (Å²) in [6.07, 6.45) is 1.13. The third-order valence-electron chi connectivity index (χ3n) is 4.38. The van der Waals surface area contributed by atoms with Gasteiger partial charge < -0.3 is 10.1 Å². The number of hydrogen-bond donors (Lipinski definition) is 1. The van der Waals surface area contributed by atoms with E-state index < -0.39 is 10.0 Å². The van der Waals surface area contributed by atoms with Crippen LogP contribution in [0.2, 0.25) is 0 Å². The van der Waals surface area contributed by atoms with E-state index in [0.29, 0.717) is 30.0 Å². The minimum Gasteiger partial charge on any atom is -0.491 e. The second-order valence-corrected chi connectivity index (χ2v) is 8.57. The lowest BCUT2D eigenvalue weighted by Gasteiger charge is -2.20. The summed E-state index contributed by atoms with van der Waals surface area (Å²) in [6.45, 7) is 6.40. The van der Waals surface area contributed by atoms with E-state index in [1.54, 1.807) is 25.1 Å². The summed E-state index contributed by atoms with van der Waals surface area (Å²) < 4.78 is 30.4. The van der Waals surface area contributed by atoms with Crippen LogP contribution in [-0.2, 0) is 10.0 Å². The van der Waals surface area contributed by atoms with Gasteiger partial charge in [0.15, 0.2) is 0 Å². The molecule has 0 aliphatic carbocycles. The highest BCUT2D eigenvalue weighted by atomic mass is 32.2. The molecule has 0 bridgehead atoms. The zero-order chi connectivity index (χ0) is 20.2. The molecule has 0 aromatic heterocycles. The molecule has 0 aliphatic rings. The number of nitrogens with zero attached hydrogens (tertiary/aromatic N) is 1. The quantitative estimate of drug-likeness (QED) is 0.738. The lowest BCUT2D eigenvalue weighted by molar-refractivity contribution is 0.0946. The Morgan fingerprint density at radius 1 is 1.15 bits per heavy atom. The molecule has 2 aromatic carbocycles. The molecule has 1 N–H and O–H groups in total. The fourth-order valence-corrected chi connectivity index (χ4v) is 3.23. The number of nitrogens with one attached hydrogen (secondary N) is 1. The van der Waals surface area contributed by atoms with Gasteiger partial charge in [0, 0.05) is 12.6 Å². The maximum atomic E-state index is 12.5. The van der Waals surface area contributed by atoms with Crippen LogP contribution in [0.25, 0.3) is 0 Å². The van der Waals surface area contributed by atoms with Gasteiger partial charge in [0.05, 0.1) is 18.5 Å². The largest absolute Gasteiger partial charge is 0.491 e. The molecule has 0 unspecified atom stereocenters. The first-order chi connectivity index (χ1) is 12.6. The molecular formula is C20H26N2O4S. The molecular weight excluding hydrogens is 364 g/mol. The number of hydrogen-bond acceptors (Lipinski definition) is 4. The van der Waals surface area contributed by atoms with Crippen molar-refractivity contribution < 1.29 is 17.9 Å². The highest BCUT2D eigenvalue weighted by Crippen LogP contribution is 2.24. The molecule has 0 heterocycles. The third kappa shape index (κ3) is 5.23. The molecule has 7 heteroatoms. The summed E-state index contributed by atoms with van der Waals surface area (Å²) in [5.41, 5.74) is 3.69. The van der Waals surface area contributed by atoms with Gasteiger partial charge in [-0.25, -0.2) is 8.42 Å². The summed E-state index contributed by atoms with van der Waals surface area (Å²) in [5, 5.41) is 2.82. The maximum Gasteiger partial charge on any atom is 0.251 e. The zero-order valence-electron chi connectivity index (χ0n) is 16.4. The van der Waals surface area contributed by atoms with E-state index in [1.807, 2.05) is 32.0 Å². The first-order valence-electron chi connectivity index (χ1n) is 8.63. The van der Waals surface area contributed by atoms with E-state index in [1.165, 1.54) is 11.4 Å². The van der Waals surface area contributed by atoms with E-state index in [9.17, 15) is 13.2 Å². The van der Waals surface area contributed by atoms with Crippen LogP contribution in [0.3, 0.4) is 0 Å². The number of ether oxygens (including phenoxy) is 1. The van der Waals surface area contributed by atoms with Crippen molar-refractivity contribution >= 4 is 21.6 Å². The number of anilines is 1. The Balaban J connectivity index is 2.01. The molecule has 27 heavy (non-hydrogen) atoms. The van der Waals surface area contributed by atoms with E-state index in [2.05, 4.69) is 5.32 Å². The molecule has 0 fully saturated rings. The highest BCUT2D eigenvalue weighted by Gasteiger charge is 2.18. The summed E-state index contributed by atoms with van der Waals surface area (Å²) >= 11 is 0. The Morgan fingerprint density at radius 2 is 1.85 bits per heavy atom. The van der Waals surface area contributed by atoms with Crippen LogP contribution in [0, 0.1) is 20.8 Å². The van der Waals surface area contributed by atoms with E-state index in [0.717, 1.165) is 23.1 Å². The van der Waals surface area contributed by atoms with Crippen molar-refractivity contribution in [2.24, 2.45) is 0 Å². The average Bonchev–Trinajstić information content (AvgIpc) is 2.60. The van der Waals surface area contributed by atoms with Gasteiger partial charge in [0.25, 0.3) is 5.91 Å². The standard InChI is InChI=1S/C20H26N2O4S/c1-14-9-10-15(2)19(13-14)26-12-11-21-20(23)17-7-6-8-18(16(17)3)22(4)27(5,24)25/h6-10,13H,11-12H2,1-5H3,(H,21,23). The third-order valence-corrected chi connectivity index (χ3v) is 5.57. The molecule has 0 aliphatic heterocycles. The van der Waals surface area contributed by atoms with Crippen molar-refractivity contribution in [1.29, 1.82) is 0 Å². The number of carbonyl (C=O) groups is 1. The lowest BCUT2D eigenvalue weighted by atomic mass is 10.1. The van der Waals surface area contributed by atoms with Crippen LogP contribution < -0.4 is 14.4 Å². The highest BCUT2D eigenvalue weighted by molar-refractivity contribution is 7.92. The Hall–Kier alpha value is -2.54. The monoisotopic (exact) mass is 390 g/mol. The van der Waals surface area contributed by atoms with Crippen LogP contribution in [-0.4, -0.2) is 40.8 Å². The number of sulfonamides is 1. The van der Waals surface area contributed by atoms with Crippen molar-refractivity contribution in [2.75, 3.05) is 30.8 Å². The topological polar surface area (TPSA) is 75.7 Å². The maximum absolute atomic E-state index is 12.5. The predicted molar refractivity (Wildman–Crippen MR) is 108 cm³/mol. The van der Waals surface area contributed by atoms with Crippen LogP contribution in [0.4, 0.5) is 5.69 Å². The van der Waals surface area contributed by atoms with E-state index >= 15 is 0 Å². The first kappa shape index (κ1) is 20.8. The summed E-state index contributed by atoms with van der Waals surface area (Å²) in [5.74, 6) is 0.540. The Bertz CT molecular complexity index is 939. The summed E-state index contributed by atoms with van der Waals surface area (Å²) in [6, 6.07) is 11.0. The number of amides is 1. The number of benzene rings is 2. The van der Waals surface area contributed by atoms with E-state index in [4.69, 9.17) is 4.74 Å². The second kappa shape index (κ2) is 8.43.